The van der Waals surface area contributed by atoms with E-state index in [9.17, 15) is 14.0 Å². The third kappa shape index (κ3) is 5.14. The van der Waals surface area contributed by atoms with E-state index < -0.39 is 11.7 Å². The van der Waals surface area contributed by atoms with Crippen LogP contribution >= 0.6 is 0 Å². The number of piperidine rings is 1. The van der Waals surface area contributed by atoms with Gasteiger partial charge in [0.05, 0.1) is 5.69 Å². The molecule has 2 N–H and O–H groups in total. The lowest BCUT2D eigenvalue weighted by molar-refractivity contribution is -0.134. The van der Waals surface area contributed by atoms with Crippen LogP contribution in [-0.4, -0.2) is 46.6 Å². The van der Waals surface area contributed by atoms with E-state index in [-0.39, 0.29) is 29.8 Å². The van der Waals surface area contributed by atoms with Gasteiger partial charge in [0, 0.05) is 24.7 Å². The molecule has 0 unspecified atom stereocenters. The molecule has 0 atom stereocenters. The minimum Gasteiger partial charge on any atom is -0.484 e. The molecule has 4 rings (SSSR count). The first-order chi connectivity index (χ1) is 15.5. The van der Waals surface area contributed by atoms with Crippen LogP contribution in [0.5, 0.6) is 5.75 Å². The highest BCUT2D eigenvalue weighted by atomic mass is 19.1. The molecule has 8 heteroatoms. The fourth-order valence-corrected chi connectivity index (χ4v) is 3.72. The van der Waals surface area contributed by atoms with E-state index in [4.69, 9.17) is 4.74 Å². The smallest absolute Gasteiger partial charge is 0.276 e. The molecule has 0 saturated carbocycles. The molecule has 2 heterocycles. The molecule has 3 aromatic rings. The Morgan fingerprint density at radius 3 is 2.59 bits per heavy atom. The zero-order valence-corrected chi connectivity index (χ0v) is 17.8. The number of aromatic nitrogens is 2. The van der Waals surface area contributed by atoms with E-state index in [1.165, 1.54) is 12.1 Å². The van der Waals surface area contributed by atoms with Crippen molar-refractivity contribution < 1.29 is 18.7 Å². The lowest BCUT2D eigenvalue weighted by atomic mass is 9.93. The van der Waals surface area contributed by atoms with E-state index in [1.54, 1.807) is 23.1 Å². The van der Waals surface area contributed by atoms with Crippen molar-refractivity contribution in [2.24, 2.45) is 0 Å². The SMILES string of the molecule is Cc1ccc(OCC(=O)N2CCC(c3cc(C(=O)Nc4ccccc4F)n[nH]3)CC2)cc1. The van der Waals surface area contributed by atoms with Crippen molar-refractivity contribution in [1.29, 1.82) is 0 Å². The number of ether oxygens (including phenoxy) is 1. The van der Waals surface area contributed by atoms with Crippen molar-refractivity contribution in [3.05, 3.63) is 77.4 Å². The van der Waals surface area contributed by atoms with Gasteiger partial charge in [0.1, 0.15) is 11.6 Å². The van der Waals surface area contributed by atoms with Gasteiger partial charge in [-0.15, -0.1) is 0 Å². The number of para-hydroxylation sites is 1. The molecule has 0 bridgehead atoms. The van der Waals surface area contributed by atoms with Crippen molar-refractivity contribution in [2.45, 2.75) is 25.7 Å². The fraction of sp³-hybridized carbons (Fsp3) is 0.292. The lowest BCUT2D eigenvalue weighted by Crippen LogP contribution is -2.40. The number of halogens is 1. The van der Waals surface area contributed by atoms with Crippen molar-refractivity contribution in [3.63, 3.8) is 0 Å². The first-order valence-electron chi connectivity index (χ1n) is 10.6. The Hall–Kier alpha value is -3.68. The van der Waals surface area contributed by atoms with Crippen molar-refractivity contribution in [1.82, 2.24) is 15.1 Å². The van der Waals surface area contributed by atoms with Crippen LogP contribution in [-0.2, 0) is 4.79 Å². The molecule has 1 aliphatic heterocycles. The molecule has 0 radical (unpaired) electrons. The van der Waals surface area contributed by atoms with E-state index in [0.29, 0.717) is 18.8 Å². The molecular formula is C24H25FN4O3. The summed E-state index contributed by atoms with van der Waals surface area (Å²) >= 11 is 0. The molecule has 1 aliphatic rings. The third-order valence-electron chi connectivity index (χ3n) is 5.62. The fourth-order valence-electron chi connectivity index (χ4n) is 3.72. The maximum Gasteiger partial charge on any atom is 0.276 e. The summed E-state index contributed by atoms with van der Waals surface area (Å²) in [5.41, 5.74) is 2.29. The second kappa shape index (κ2) is 9.64. The number of nitrogens with one attached hydrogen (secondary N) is 2. The molecule has 2 aromatic carbocycles. The van der Waals surface area contributed by atoms with Gasteiger partial charge in [-0.25, -0.2) is 4.39 Å². The van der Waals surface area contributed by atoms with Gasteiger partial charge in [0.2, 0.25) is 0 Å². The number of hydrogen-bond donors (Lipinski definition) is 2. The van der Waals surface area contributed by atoms with Crippen LogP contribution in [0.2, 0.25) is 0 Å². The van der Waals surface area contributed by atoms with E-state index in [2.05, 4.69) is 15.5 Å². The van der Waals surface area contributed by atoms with Crippen LogP contribution < -0.4 is 10.1 Å². The molecule has 2 amide bonds. The quantitative estimate of drug-likeness (QED) is 0.614. The van der Waals surface area contributed by atoms with Crippen LogP contribution in [0.3, 0.4) is 0 Å². The zero-order valence-electron chi connectivity index (χ0n) is 17.8. The predicted molar refractivity (Wildman–Crippen MR) is 118 cm³/mol. The number of aryl methyl sites for hydroxylation is 1. The number of carbonyl (C=O) groups excluding carboxylic acids is 2. The van der Waals surface area contributed by atoms with Crippen LogP contribution in [0.4, 0.5) is 10.1 Å². The highest BCUT2D eigenvalue weighted by molar-refractivity contribution is 6.03. The Balaban J connectivity index is 1.27. The number of hydrogen-bond acceptors (Lipinski definition) is 4. The van der Waals surface area contributed by atoms with E-state index >= 15 is 0 Å². The molecule has 1 aromatic heterocycles. The molecule has 0 spiro atoms. The number of benzene rings is 2. The zero-order chi connectivity index (χ0) is 22.5. The average Bonchev–Trinajstić information content (AvgIpc) is 3.31. The first-order valence-corrected chi connectivity index (χ1v) is 10.6. The molecule has 7 nitrogen and oxygen atoms in total. The number of rotatable bonds is 6. The molecule has 0 aliphatic carbocycles. The van der Waals surface area contributed by atoms with Gasteiger partial charge in [-0.1, -0.05) is 29.8 Å². The summed E-state index contributed by atoms with van der Waals surface area (Å²) in [5.74, 6) is -0.172. The minimum absolute atomic E-state index is 0.0121. The van der Waals surface area contributed by atoms with Gasteiger partial charge in [-0.3, -0.25) is 14.7 Å². The van der Waals surface area contributed by atoms with Gasteiger partial charge in [0.15, 0.2) is 12.3 Å². The number of likely N-dealkylation sites (tertiary alicyclic amines) is 1. The molecular weight excluding hydrogens is 411 g/mol. The monoisotopic (exact) mass is 436 g/mol. The Morgan fingerprint density at radius 2 is 1.88 bits per heavy atom. The summed E-state index contributed by atoms with van der Waals surface area (Å²) in [6.45, 7) is 3.22. The summed E-state index contributed by atoms with van der Waals surface area (Å²) in [5, 5.41) is 9.53. The molecule has 1 fully saturated rings. The lowest BCUT2D eigenvalue weighted by Gasteiger charge is -2.31. The van der Waals surface area contributed by atoms with Crippen molar-refractivity contribution in [3.8, 4) is 5.75 Å². The topological polar surface area (TPSA) is 87.3 Å². The summed E-state index contributed by atoms with van der Waals surface area (Å²) < 4.78 is 19.3. The van der Waals surface area contributed by atoms with Gasteiger partial charge in [-0.2, -0.15) is 5.10 Å². The van der Waals surface area contributed by atoms with Crippen molar-refractivity contribution >= 4 is 17.5 Å². The standard InChI is InChI=1S/C24H25FN4O3/c1-16-6-8-18(9-7-16)32-15-23(30)29-12-10-17(11-13-29)21-14-22(28-27-21)24(31)26-20-5-3-2-4-19(20)25/h2-9,14,17H,10-13,15H2,1H3,(H,26,31)(H,27,28). The number of H-pyrrole nitrogens is 1. The molecule has 32 heavy (non-hydrogen) atoms. The number of amides is 2. The predicted octanol–water partition coefficient (Wildman–Crippen LogP) is 3.89. The highest BCUT2D eigenvalue weighted by Gasteiger charge is 2.26. The van der Waals surface area contributed by atoms with Gasteiger partial charge in [0.25, 0.3) is 11.8 Å². The summed E-state index contributed by atoms with van der Waals surface area (Å²) in [7, 11) is 0. The van der Waals surface area contributed by atoms with Gasteiger partial charge in [-0.05, 0) is 50.1 Å². The van der Waals surface area contributed by atoms with Crippen molar-refractivity contribution in [2.75, 3.05) is 25.0 Å². The van der Waals surface area contributed by atoms with E-state index in [1.807, 2.05) is 31.2 Å². The normalized spacial score (nSPS) is 14.2. The average molecular weight is 436 g/mol. The van der Waals surface area contributed by atoms with Gasteiger partial charge >= 0.3 is 0 Å². The Kier molecular flexibility index (Phi) is 6.49. The highest BCUT2D eigenvalue weighted by Crippen LogP contribution is 2.27. The third-order valence-corrected chi connectivity index (χ3v) is 5.62. The summed E-state index contributed by atoms with van der Waals surface area (Å²) in [4.78, 5) is 26.7. The second-order valence-electron chi connectivity index (χ2n) is 7.90. The Labute approximate surface area is 185 Å². The number of aromatic amines is 1. The number of anilines is 1. The summed E-state index contributed by atoms with van der Waals surface area (Å²) in [6.07, 6.45) is 1.51. The van der Waals surface area contributed by atoms with Crippen LogP contribution in [0.1, 0.15) is 40.5 Å². The summed E-state index contributed by atoms with van der Waals surface area (Å²) in [6, 6.07) is 15.3. The van der Waals surface area contributed by atoms with Gasteiger partial charge < -0.3 is 15.0 Å². The Bertz CT molecular complexity index is 1090. The Morgan fingerprint density at radius 1 is 1.16 bits per heavy atom. The van der Waals surface area contributed by atoms with Crippen LogP contribution in [0, 0.1) is 12.7 Å². The van der Waals surface area contributed by atoms with E-state index in [0.717, 1.165) is 24.1 Å². The maximum absolute atomic E-state index is 13.7. The number of nitrogens with zero attached hydrogens (tertiary/aromatic N) is 2. The molecule has 1 saturated heterocycles. The second-order valence-corrected chi connectivity index (χ2v) is 7.90. The largest absolute Gasteiger partial charge is 0.484 e. The number of carbonyl (C=O) groups is 2. The van der Waals surface area contributed by atoms with Crippen LogP contribution in [0.15, 0.2) is 54.6 Å². The molecule has 166 valence electrons. The minimum atomic E-state index is -0.500. The maximum atomic E-state index is 13.7. The first kappa shape index (κ1) is 21.5. The van der Waals surface area contributed by atoms with Crippen LogP contribution in [0.25, 0.3) is 0 Å².